The summed E-state index contributed by atoms with van der Waals surface area (Å²) in [7, 11) is 0. The van der Waals surface area contributed by atoms with Gasteiger partial charge in [0.05, 0.1) is 5.69 Å². The van der Waals surface area contributed by atoms with Gasteiger partial charge in [-0.15, -0.1) is 0 Å². The zero-order chi connectivity index (χ0) is 15.2. The summed E-state index contributed by atoms with van der Waals surface area (Å²) in [4.78, 5) is 16.9. The van der Waals surface area contributed by atoms with Crippen LogP contribution in [0.2, 0.25) is 0 Å². The Labute approximate surface area is 133 Å². The van der Waals surface area contributed by atoms with E-state index in [2.05, 4.69) is 31.5 Å². The van der Waals surface area contributed by atoms with Crippen LogP contribution in [0.5, 0.6) is 0 Å². The van der Waals surface area contributed by atoms with Crippen LogP contribution < -0.4 is 10.6 Å². The van der Waals surface area contributed by atoms with Gasteiger partial charge in [-0.25, -0.2) is 4.98 Å². The Bertz CT molecular complexity index is 643. The van der Waals surface area contributed by atoms with Crippen molar-refractivity contribution >= 4 is 33.3 Å². The zero-order valence-electron chi connectivity index (χ0n) is 12.1. The van der Waals surface area contributed by atoms with Gasteiger partial charge >= 0.3 is 0 Å². The summed E-state index contributed by atoms with van der Waals surface area (Å²) in [6.07, 6.45) is 0.786. The summed E-state index contributed by atoms with van der Waals surface area (Å²) in [5.41, 5.74) is 2.25. The van der Waals surface area contributed by atoms with E-state index < -0.39 is 0 Å². The molecule has 0 spiro atoms. The third-order valence-electron chi connectivity index (χ3n) is 2.98. The van der Waals surface area contributed by atoms with Crippen LogP contribution in [0.4, 0.5) is 11.5 Å². The fourth-order valence-corrected chi connectivity index (χ4v) is 2.31. The molecule has 0 aliphatic rings. The molecule has 0 radical (unpaired) electrons. The van der Waals surface area contributed by atoms with Crippen molar-refractivity contribution in [2.45, 2.75) is 20.3 Å². The summed E-state index contributed by atoms with van der Waals surface area (Å²) in [5, 5.41) is 6.06. The van der Waals surface area contributed by atoms with E-state index in [1.165, 1.54) is 0 Å². The maximum absolute atomic E-state index is 12.4. The third-order valence-corrected chi connectivity index (χ3v) is 3.67. The molecule has 1 heterocycles. The molecule has 0 aliphatic heterocycles. The average Bonchev–Trinajstić information content (AvgIpc) is 2.49. The SMILES string of the molecule is CCNc1cc(C(=O)Nc2ccccc2Br)cc(CC)n1. The summed E-state index contributed by atoms with van der Waals surface area (Å²) < 4.78 is 0.857. The summed E-state index contributed by atoms with van der Waals surface area (Å²) >= 11 is 3.43. The monoisotopic (exact) mass is 347 g/mol. The number of aromatic nitrogens is 1. The maximum atomic E-state index is 12.4. The maximum Gasteiger partial charge on any atom is 0.255 e. The van der Waals surface area contributed by atoms with Crippen molar-refractivity contribution in [3.8, 4) is 0 Å². The van der Waals surface area contributed by atoms with Crippen molar-refractivity contribution in [1.29, 1.82) is 0 Å². The lowest BCUT2D eigenvalue weighted by atomic mass is 10.1. The Kier molecular flexibility index (Phi) is 5.33. The smallest absolute Gasteiger partial charge is 0.255 e. The highest BCUT2D eigenvalue weighted by molar-refractivity contribution is 9.10. The number of carbonyl (C=O) groups is 1. The van der Waals surface area contributed by atoms with Gasteiger partial charge in [-0.1, -0.05) is 19.1 Å². The van der Waals surface area contributed by atoms with Crippen LogP contribution in [0.3, 0.4) is 0 Å². The van der Waals surface area contributed by atoms with Crippen molar-refractivity contribution in [2.24, 2.45) is 0 Å². The number of anilines is 2. The lowest BCUT2D eigenvalue weighted by Gasteiger charge is -2.10. The molecular weight excluding hydrogens is 330 g/mol. The molecule has 2 rings (SSSR count). The minimum absolute atomic E-state index is 0.141. The van der Waals surface area contributed by atoms with Crippen LogP contribution in [0.1, 0.15) is 29.9 Å². The Morgan fingerprint density at radius 1 is 1.24 bits per heavy atom. The van der Waals surface area contributed by atoms with Gasteiger partial charge in [0.15, 0.2) is 0 Å². The molecule has 0 saturated heterocycles. The van der Waals surface area contributed by atoms with E-state index in [1.807, 2.05) is 44.2 Å². The van der Waals surface area contributed by atoms with Crippen molar-refractivity contribution in [3.05, 3.63) is 52.1 Å². The number of hydrogen-bond acceptors (Lipinski definition) is 3. The van der Waals surface area contributed by atoms with Gasteiger partial charge in [0, 0.05) is 22.3 Å². The van der Waals surface area contributed by atoms with E-state index in [0.717, 1.165) is 34.6 Å². The van der Waals surface area contributed by atoms with Gasteiger partial charge in [0.25, 0.3) is 5.91 Å². The molecule has 4 nitrogen and oxygen atoms in total. The number of nitrogens with one attached hydrogen (secondary N) is 2. The molecule has 0 saturated carbocycles. The van der Waals surface area contributed by atoms with Crippen LogP contribution in [-0.2, 0) is 6.42 Å². The normalized spacial score (nSPS) is 10.2. The standard InChI is InChI=1S/C16H18BrN3O/c1-3-12-9-11(10-15(19-12)18-4-2)16(21)20-14-8-6-5-7-13(14)17/h5-10H,3-4H2,1-2H3,(H,18,19)(H,20,21). The van der Waals surface area contributed by atoms with Crippen LogP contribution in [-0.4, -0.2) is 17.4 Å². The minimum Gasteiger partial charge on any atom is -0.370 e. The van der Waals surface area contributed by atoms with E-state index >= 15 is 0 Å². The quantitative estimate of drug-likeness (QED) is 0.856. The number of benzene rings is 1. The fraction of sp³-hybridized carbons (Fsp3) is 0.250. The van der Waals surface area contributed by atoms with Crippen molar-refractivity contribution in [2.75, 3.05) is 17.2 Å². The topological polar surface area (TPSA) is 54.0 Å². The number of rotatable bonds is 5. The van der Waals surface area contributed by atoms with Crippen molar-refractivity contribution in [3.63, 3.8) is 0 Å². The Morgan fingerprint density at radius 3 is 2.67 bits per heavy atom. The third kappa shape index (κ3) is 4.04. The van der Waals surface area contributed by atoms with E-state index in [1.54, 1.807) is 6.07 Å². The highest BCUT2D eigenvalue weighted by Gasteiger charge is 2.11. The van der Waals surface area contributed by atoms with Gasteiger partial charge in [0.1, 0.15) is 5.82 Å². The van der Waals surface area contributed by atoms with Crippen molar-refractivity contribution < 1.29 is 4.79 Å². The number of amides is 1. The molecule has 1 aromatic heterocycles. The van der Waals surface area contributed by atoms with Gasteiger partial charge in [-0.3, -0.25) is 4.79 Å². The van der Waals surface area contributed by atoms with Gasteiger partial charge in [-0.05, 0) is 53.5 Å². The van der Waals surface area contributed by atoms with Gasteiger partial charge in [-0.2, -0.15) is 0 Å². The molecule has 0 atom stereocenters. The number of nitrogens with zero attached hydrogens (tertiary/aromatic N) is 1. The number of halogens is 1. The van der Waals surface area contributed by atoms with E-state index in [0.29, 0.717) is 5.56 Å². The first kappa shape index (κ1) is 15.5. The van der Waals surface area contributed by atoms with Crippen molar-refractivity contribution in [1.82, 2.24) is 4.98 Å². The van der Waals surface area contributed by atoms with Crippen LogP contribution >= 0.6 is 15.9 Å². The second-order valence-electron chi connectivity index (χ2n) is 4.55. The zero-order valence-corrected chi connectivity index (χ0v) is 13.7. The molecule has 2 aromatic rings. The van der Waals surface area contributed by atoms with Crippen LogP contribution in [0.15, 0.2) is 40.9 Å². The fourth-order valence-electron chi connectivity index (χ4n) is 1.93. The van der Waals surface area contributed by atoms with E-state index in [-0.39, 0.29) is 5.91 Å². The van der Waals surface area contributed by atoms with Crippen LogP contribution in [0, 0.1) is 0 Å². The van der Waals surface area contributed by atoms with Crippen LogP contribution in [0.25, 0.3) is 0 Å². The molecule has 5 heteroatoms. The predicted molar refractivity (Wildman–Crippen MR) is 89.9 cm³/mol. The average molecular weight is 348 g/mol. The highest BCUT2D eigenvalue weighted by Crippen LogP contribution is 2.22. The predicted octanol–water partition coefficient (Wildman–Crippen LogP) is 4.09. The summed E-state index contributed by atoms with van der Waals surface area (Å²) in [6, 6.07) is 11.1. The second kappa shape index (κ2) is 7.22. The number of hydrogen-bond donors (Lipinski definition) is 2. The Morgan fingerprint density at radius 2 is 2.00 bits per heavy atom. The summed E-state index contributed by atoms with van der Waals surface area (Å²) in [6.45, 7) is 4.79. The Balaban J connectivity index is 2.26. The number of carbonyl (C=O) groups excluding carboxylic acids is 1. The van der Waals surface area contributed by atoms with Gasteiger partial charge < -0.3 is 10.6 Å². The number of aryl methyl sites for hydroxylation is 1. The van der Waals surface area contributed by atoms with E-state index in [4.69, 9.17) is 0 Å². The number of para-hydroxylation sites is 1. The Hall–Kier alpha value is -1.88. The molecule has 21 heavy (non-hydrogen) atoms. The highest BCUT2D eigenvalue weighted by atomic mass is 79.9. The number of pyridine rings is 1. The second-order valence-corrected chi connectivity index (χ2v) is 5.40. The molecule has 2 N–H and O–H groups in total. The first-order chi connectivity index (χ1) is 10.1. The first-order valence-corrected chi connectivity index (χ1v) is 7.74. The van der Waals surface area contributed by atoms with Gasteiger partial charge in [0.2, 0.25) is 0 Å². The largest absolute Gasteiger partial charge is 0.370 e. The lowest BCUT2D eigenvalue weighted by molar-refractivity contribution is 0.102. The molecule has 1 aromatic carbocycles. The summed E-state index contributed by atoms with van der Waals surface area (Å²) in [5.74, 6) is 0.590. The molecule has 0 bridgehead atoms. The molecule has 1 amide bonds. The molecule has 0 aliphatic carbocycles. The molecular formula is C16H18BrN3O. The molecule has 0 unspecified atom stereocenters. The molecule has 110 valence electrons. The van der Waals surface area contributed by atoms with E-state index in [9.17, 15) is 4.79 Å². The first-order valence-electron chi connectivity index (χ1n) is 6.94. The molecule has 0 fully saturated rings. The lowest BCUT2D eigenvalue weighted by Crippen LogP contribution is -2.14. The minimum atomic E-state index is -0.141.